The highest BCUT2D eigenvalue weighted by Crippen LogP contribution is 2.18. The summed E-state index contributed by atoms with van der Waals surface area (Å²) >= 11 is 5.48. The Morgan fingerprint density at radius 2 is 2.31 bits per heavy atom. The Morgan fingerprint density at radius 1 is 1.54 bits per heavy atom. The van der Waals surface area contributed by atoms with Crippen LogP contribution in [0.1, 0.15) is 26.2 Å². The maximum Gasteiger partial charge on any atom is 0.0174 e. The van der Waals surface area contributed by atoms with Gasteiger partial charge in [-0.15, -0.1) is 12.4 Å². The summed E-state index contributed by atoms with van der Waals surface area (Å²) in [5.41, 5.74) is 1.62. The van der Waals surface area contributed by atoms with Crippen LogP contribution in [-0.2, 0) is 0 Å². The molecule has 0 aliphatic carbocycles. The molecule has 0 N–H and O–H groups in total. The Bertz CT molecular complexity index is 148. The first-order valence-corrected chi connectivity index (χ1v) is 5.28. The minimum absolute atomic E-state index is 0. The van der Waals surface area contributed by atoms with Crippen molar-refractivity contribution in [2.75, 3.05) is 19.6 Å². The van der Waals surface area contributed by atoms with Gasteiger partial charge in [-0.25, -0.2) is 0 Å². The summed E-state index contributed by atoms with van der Waals surface area (Å²) in [5, 5.41) is 0. The molecule has 0 radical (unpaired) electrons. The van der Waals surface area contributed by atoms with E-state index in [2.05, 4.69) is 11.8 Å². The lowest BCUT2D eigenvalue weighted by Crippen LogP contribution is -2.35. The fourth-order valence-electron chi connectivity index (χ4n) is 1.84. The Kier molecular flexibility index (Phi) is 7.83. The van der Waals surface area contributed by atoms with Crippen LogP contribution in [0.5, 0.6) is 0 Å². The van der Waals surface area contributed by atoms with Crippen LogP contribution in [0.4, 0.5) is 0 Å². The second-order valence-corrected chi connectivity index (χ2v) is 3.79. The van der Waals surface area contributed by atoms with E-state index in [1.807, 2.05) is 6.08 Å². The van der Waals surface area contributed by atoms with Gasteiger partial charge in [0.05, 0.1) is 0 Å². The van der Waals surface area contributed by atoms with Crippen molar-refractivity contribution >= 4 is 24.0 Å². The van der Waals surface area contributed by atoms with E-state index in [1.165, 1.54) is 32.4 Å². The van der Waals surface area contributed by atoms with Crippen LogP contribution in [0, 0.1) is 5.92 Å². The van der Waals surface area contributed by atoms with Gasteiger partial charge in [0.25, 0.3) is 0 Å². The zero-order valence-electron chi connectivity index (χ0n) is 8.21. The molecule has 13 heavy (non-hydrogen) atoms. The number of halogens is 2. The van der Waals surface area contributed by atoms with Crippen molar-refractivity contribution in [2.24, 2.45) is 5.92 Å². The minimum atomic E-state index is 0. The summed E-state index contributed by atoms with van der Waals surface area (Å²) in [6, 6.07) is 0. The van der Waals surface area contributed by atoms with Crippen LogP contribution < -0.4 is 0 Å². The van der Waals surface area contributed by atoms with Gasteiger partial charge in [-0.1, -0.05) is 31.0 Å². The molecule has 1 heterocycles. The summed E-state index contributed by atoms with van der Waals surface area (Å²) in [6.07, 6.45) is 6.12. The highest BCUT2D eigenvalue weighted by Gasteiger charge is 2.16. The molecule has 1 aliphatic heterocycles. The fourth-order valence-corrected chi connectivity index (χ4v) is 1.92. The Labute approximate surface area is 92.5 Å². The zero-order chi connectivity index (χ0) is 8.81. The number of likely N-dealkylation sites (tertiary alicyclic amines) is 1. The summed E-state index contributed by atoms with van der Waals surface area (Å²) in [6.45, 7) is 5.82. The van der Waals surface area contributed by atoms with E-state index in [0.29, 0.717) is 0 Å². The van der Waals surface area contributed by atoms with Crippen LogP contribution in [0.2, 0.25) is 0 Å². The third kappa shape index (κ3) is 4.90. The molecule has 0 aromatic carbocycles. The Morgan fingerprint density at radius 3 is 2.92 bits per heavy atom. The number of rotatable bonds is 3. The third-order valence-electron chi connectivity index (χ3n) is 2.63. The summed E-state index contributed by atoms with van der Waals surface area (Å²) in [4.78, 5) is 2.48. The third-order valence-corrected chi connectivity index (χ3v) is 2.81. The fraction of sp³-hybridized carbons (Fsp3) is 0.800. The Balaban J connectivity index is 0.00000144. The lowest BCUT2D eigenvalue weighted by Gasteiger charge is -2.31. The molecule has 1 atom stereocenters. The maximum absolute atomic E-state index is 5.48. The first-order valence-electron chi connectivity index (χ1n) is 4.84. The second-order valence-electron chi connectivity index (χ2n) is 3.54. The average molecular weight is 224 g/mol. The molecule has 78 valence electrons. The van der Waals surface area contributed by atoms with Crippen LogP contribution in [-0.4, -0.2) is 24.5 Å². The van der Waals surface area contributed by atoms with E-state index < -0.39 is 0 Å². The molecule has 1 saturated heterocycles. The molecular weight excluding hydrogens is 205 g/mol. The van der Waals surface area contributed by atoms with Crippen LogP contribution in [0.15, 0.2) is 11.6 Å². The van der Waals surface area contributed by atoms with E-state index in [1.54, 1.807) is 5.54 Å². The quantitative estimate of drug-likeness (QED) is 0.711. The first kappa shape index (κ1) is 13.3. The highest BCUT2D eigenvalue weighted by atomic mass is 35.5. The number of hydrogen-bond acceptors (Lipinski definition) is 1. The summed E-state index contributed by atoms with van der Waals surface area (Å²) in [7, 11) is 0. The van der Waals surface area contributed by atoms with Crippen molar-refractivity contribution in [1.29, 1.82) is 0 Å². The van der Waals surface area contributed by atoms with Crippen molar-refractivity contribution in [1.82, 2.24) is 4.90 Å². The van der Waals surface area contributed by atoms with Crippen LogP contribution >= 0.6 is 24.0 Å². The van der Waals surface area contributed by atoms with Crippen molar-refractivity contribution in [2.45, 2.75) is 26.2 Å². The molecule has 0 bridgehead atoms. The molecule has 3 heteroatoms. The maximum atomic E-state index is 5.48. The smallest absolute Gasteiger partial charge is 0.0174 e. The van der Waals surface area contributed by atoms with Crippen LogP contribution in [0.25, 0.3) is 0 Å². The predicted molar refractivity (Wildman–Crippen MR) is 61.7 cm³/mol. The normalized spacial score (nSPS) is 24.6. The molecule has 0 amide bonds. The molecule has 0 aromatic heterocycles. The average Bonchev–Trinajstić information content (AvgIpc) is 2.15. The van der Waals surface area contributed by atoms with E-state index in [9.17, 15) is 0 Å². The molecule has 1 nitrogen and oxygen atoms in total. The number of hydrogen-bond donors (Lipinski definition) is 0. The van der Waals surface area contributed by atoms with Gasteiger partial charge in [0, 0.05) is 18.6 Å². The molecule has 1 unspecified atom stereocenters. The van der Waals surface area contributed by atoms with Crippen molar-refractivity contribution in [3.8, 4) is 0 Å². The van der Waals surface area contributed by atoms with Gasteiger partial charge in [0.2, 0.25) is 0 Å². The largest absolute Gasteiger partial charge is 0.299 e. The topological polar surface area (TPSA) is 3.24 Å². The predicted octanol–water partition coefficient (Wildman–Crippen LogP) is 3.28. The molecular formula is C10H19Cl2N. The van der Waals surface area contributed by atoms with Gasteiger partial charge in [-0.2, -0.15) is 0 Å². The van der Waals surface area contributed by atoms with Gasteiger partial charge in [-0.3, -0.25) is 4.90 Å². The summed E-state index contributed by atoms with van der Waals surface area (Å²) < 4.78 is 0. The number of nitrogens with zero attached hydrogens (tertiary/aromatic N) is 1. The molecule has 0 spiro atoms. The lowest BCUT2D eigenvalue weighted by atomic mass is 9.96. The van der Waals surface area contributed by atoms with E-state index >= 15 is 0 Å². The van der Waals surface area contributed by atoms with Gasteiger partial charge >= 0.3 is 0 Å². The molecule has 1 aliphatic rings. The van der Waals surface area contributed by atoms with Gasteiger partial charge < -0.3 is 0 Å². The first-order chi connectivity index (χ1) is 5.86. The molecule has 0 aromatic rings. The van der Waals surface area contributed by atoms with E-state index in [4.69, 9.17) is 11.6 Å². The monoisotopic (exact) mass is 223 g/mol. The van der Waals surface area contributed by atoms with Crippen LogP contribution in [0.3, 0.4) is 0 Å². The SMILES string of the molecule is CCC1CCCN(C/C=C/Cl)C1.Cl. The number of piperidine rings is 1. The van der Waals surface area contributed by atoms with E-state index in [-0.39, 0.29) is 12.4 Å². The van der Waals surface area contributed by atoms with Crippen molar-refractivity contribution in [3.63, 3.8) is 0 Å². The second kappa shape index (κ2) is 7.66. The standard InChI is InChI=1S/C10H18ClN.ClH/c1-2-10-5-3-7-12(9-10)8-4-6-11;/h4,6,10H,2-3,5,7-9H2,1H3;1H/b6-4+;. The molecule has 0 saturated carbocycles. The van der Waals surface area contributed by atoms with Crippen molar-refractivity contribution < 1.29 is 0 Å². The molecule has 1 fully saturated rings. The summed E-state index contributed by atoms with van der Waals surface area (Å²) in [5.74, 6) is 0.919. The van der Waals surface area contributed by atoms with E-state index in [0.717, 1.165) is 12.5 Å². The lowest BCUT2D eigenvalue weighted by molar-refractivity contribution is 0.188. The van der Waals surface area contributed by atoms with Crippen molar-refractivity contribution in [3.05, 3.63) is 11.6 Å². The zero-order valence-corrected chi connectivity index (χ0v) is 9.78. The highest BCUT2D eigenvalue weighted by molar-refractivity contribution is 6.25. The Hall–Kier alpha value is 0.280. The van der Waals surface area contributed by atoms with Gasteiger partial charge in [0.15, 0.2) is 0 Å². The minimum Gasteiger partial charge on any atom is -0.299 e. The molecule has 1 rings (SSSR count). The van der Waals surface area contributed by atoms with Gasteiger partial charge in [-0.05, 0) is 25.3 Å². The van der Waals surface area contributed by atoms with Gasteiger partial charge in [0.1, 0.15) is 0 Å².